The summed E-state index contributed by atoms with van der Waals surface area (Å²) in [6.45, 7) is 0. The molecule has 0 aliphatic heterocycles. The SMILES string of the molecule is O=C(O)c1ccc(NC(=O)[C@H]2[C@H](C(=O)O)[C@H]3C=C[C@H]2C3)cc1Cl. The molecule has 1 amide bonds. The normalized spacial score (nSPS) is 27.9. The number of benzene rings is 1. The molecule has 1 fully saturated rings. The fourth-order valence-corrected chi connectivity index (χ4v) is 3.77. The lowest BCUT2D eigenvalue weighted by Gasteiger charge is -2.23. The van der Waals surface area contributed by atoms with Crippen LogP contribution in [0.1, 0.15) is 16.8 Å². The minimum atomic E-state index is -1.16. The van der Waals surface area contributed by atoms with Crippen molar-refractivity contribution in [1.82, 2.24) is 0 Å². The Morgan fingerprint density at radius 2 is 1.74 bits per heavy atom. The van der Waals surface area contributed by atoms with Gasteiger partial charge in [0.2, 0.25) is 5.91 Å². The smallest absolute Gasteiger partial charge is 0.337 e. The van der Waals surface area contributed by atoms with Gasteiger partial charge in [0.15, 0.2) is 0 Å². The molecule has 2 aliphatic carbocycles. The predicted octanol–water partition coefficient (Wildman–Crippen LogP) is 2.50. The van der Waals surface area contributed by atoms with E-state index < -0.39 is 23.8 Å². The van der Waals surface area contributed by atoms with E-state index in [1.165, 1.54) is 18.2 Å². The second-order valence-electron chi connectivity index (χ2n) is 5.83. The minimum Gasteiger partial charge on any atom is -0.481 e. The molecule has 1 aromatic carbocycles. The van der Waals surface area contributed by atoms with Crippen molar-refractivity contribution in [3.8, 4) is 0 Å². The van der Waals surface area contributed by atoms with E-state index in [0.29, 0.717) is 12.1 Å². The van der Waals surface area contributed by atoms with Gasteiger partial charge in [0.25, 0.3) is 0 Å². The van der Waals surface area contributed by atoms with Crippen LogP contribution in [0, 0.1) is 23.7 Å². The number of carbonyl (C=O) groups is 3. The Kier molecular flexibility index (Phi) is 3.85. The van der Waals surface area contributed by atoms with Crippen LogP contribution in [0.4, 0.5) is 5.69 Å². The molecule has 7 heteroatoms. The Bertz CT molecular complexity index is 729. The van der Waals surface area contributed by atoms with E-state index in [-0.39, 0.29) is 28.3 Å². The number of aromatic carboxylic acids is 1. The number of fused-ring (bicyclic) bond motifs is 2. The van der Waals surface area contributed by atoms with Crippen LogP contribution in [-0.4, -0.2) is 28.1 Å². The standard InChI is InChI=1S/C16H14ClNO5/c17-11-6-9(3-4-10(11)15(20)21)18-14(19)12-7-1-2-8(5-7)13(12)16(22)23/h1-4,6-8,12-13H,5H2,(H,18,19)(H,20,21)(H,22,23)/t7-,8-,12+,13+/m0/s1. The molecule has 23 heavy (non-hydrogen) atoms. The van der Waals surface area contributed by atoms with Crippen LogP contribution in [0.3, 0.4) is 0 Å². The first-order chi connectivity index (χ1) is 10.9. The third-order valence-electron chi connectivity index (χ3n) is 4.51. The summed E-state index contributed by atoms with van der Waals surface area (Å²) in [7, 11) is 0. The summed E-state index contributed by atoms with van der Waals surface area (Å²) in [4.78, 5) is 34.8. The van der Waals surface area contributed by atoms with Crippen molar-refractivity contribution in [2.75, 3.05) is 5.32 Å². The van der Waals surface area contributed by atoms with Gasteiger partial charge in [0.05, 0.1) is 22.4 Å². The third kappa shape index (κ3) is 2.70. The van der Waals surface area contributed by atoms with Crippen molar-refractivity contribution >= 4 is 35.1 Å². The fraction of sp³-hybridized carbons (Fsp3) is 0.312. The molecule has 0 spiro atoms. The molecule has 2 bridgehead atoms. The first-order valence-corrected chi connectivity index (χ1v) is 7.51. The van der Waals surface area contributed by atoms with E-state index in [4.69, 9.17) is 16.7 Å². The van der Waals surface area contributed by atoms with Crippen molar-refractivity contribution in [1.29, 1.82) is 0 Å². The molecule has 0 aromatic heterocycles. The van der Waals surface area contributed by atoms with E-state index >= 15 is 0 Å². The van der Waals surface area contributed by atoms with Gasteiger partial charge in [-0.3, -0.25) is 9.59 Å². The van der Waals surface area contributed by atoms with E-state index in [1.54, 1.807) is 0 Å². The monoisotopic (exact) mass is 335 g/mol. The molecule has 0 unspecified atom stereocenters. The Morgan fingerprint density at radius 1 is 1.09 bits per heavy atom. The van der Waals surface area contributed by atoms with Crippen molar-refractivity contribution in [3.05, 3.63) is 40.9 Å². The summed E-state index contributed by atoms with van der Waals surface area (Å²) in [5, 5.41) is 21.0. The summed E-state index contributed by atoms with van der Waals surface area (Å²) in [6, 6.07) is 4.09. The van der Waals surface area contributed by atoms with E-state index in [1.807, 2.05) is 12.2 Å². The number of anilines is 1. The average molecular weight is 336 g/mol. The highest BCUT2D eigenvalue weighted by Crippen LogP contribution is 2.48. The van der Waals surface area contributed by atoms with Crippen molar-refractivity contribution in [2.24, 2.45) is 23.7 Å². The van der Waals surface area contributed by atoms with Crippen LogP contribution in [0.25, 0.3) is 0 Å². The van der Waals surface area contributed by atoms with Crippen molar-refractivity contribution in [2.45, 2.75) is 6.42 Å². The average Bonchev–Trinajstić information content (AvgIpc) is 3.07. The number of aliphatic carboxylic acids is 1. The Balaban J connectivity index is 1.79. The summed E-state index contributed by atoms with van der Waals surface area (Å²) in [6.07, 6.45) is 4.44. The molecule has 2 aliphatic rings. The number of carbonyl (C=O) groups excluding carboxylic acids is 1. The summed E-state index contributed by atoms with van der Waals surface area (Å²) < 4.78 is 0. The number of allylic oxidation sites excluding steroid dienone is 2. The van der Waals surface area contributed by atoms with E-state index in [9.17, 15) is 19.5 Å². The lowest BCUT2D eigenvalue weighted by molar-refractivity contribution is -0.146. The number of carboxylic acid groups (broad SMARTS) is 2. The molecule has 0 saturated heterocycles. The van der Waals surface area contributed by atoms with Crippen LogP contribution in [0.5, 0.6) is 0 Å². The molecule has 3 rings (SSSR count). The van der Waals surface area contributed by atoms with E-state index in [2.05, 4.69) is 5.32 Å². The molecule has 0 heterocycles. The number of rotatable bonds is 4. The highest BCUT2D eigenvalue weighted by molar-refractivity contribution is 6.33. The number of carboxylic acids is 2. The molecule has 3 N–H and O–H groups in total. The molecule has 4 atom stereocenters. The topological polar surface area (TPSA) is 104 Å². The molecular formula is C16H14ClNO5. The lowest BCUT2D eigenvalue weighted by atomic mass is 9.82. The maximum absolute atomic E-state index is 12.5. The highest BCUT2D eigenvalue weighted by atomic mass is 35.5. The Labute approximate surface area is 136 Å². The van der Waals surface area contributed by atoms with Crippen LogP contribution >= 0.6 is 11.6 Å². The van der Waals surface area contributed by atoms with Gasteiger partial charge in [-0.15, -0.1) is 0 Å². The largest absolute Gasteiger partial charge is 0.481 e. The summed E-state index contributed by atoms with van der Waals surface area (Å²) in [5.41, 5.74) is 0.289. The van der Waals surface area contributed by atoms with Gasteiger partial charge in [-0.25, -0.2) is 4.79 Å². The van der Waals surface area contributed by atoms with Crippen LogP contribution in [0.15, 0.2) is 30.4 Å². The molecule has 0 radical (unpaired) electrons. The molecule has 6 nitrogen and oxygen atoms in total. The van der Waals surface area contributed by atoms with Crippen LogP contribution in [0.2, 0.25) is 5.02 Å². The molecular weight excluding hydrogens is 322 g/mol. The van der Waals surface area contributed by atoms with E-state index in [0.717, 1.165) is 0 Å². The maximum Gasteiger partial charge on any atom is 0.337 e. The number of hydrogen-bond donors (Lipinski definition) is 3. The zero-order valence-corrected chi connectivity index (χ0v) is 12.7. The van der Waals surface area contributed by atoms with Gasteiger partial charge in [-0.05, 0) is 36.5 Å². The number of halogens is 1. The van der Waals surface area contributed by atoms with Gasteiger partial charge < -0.3 is 15.5 Å². The number of amides is 1. The zero-order chi connectivity index (χ0) is 16.7. The second kappa shape index (κ2) is 5.70. The van der Waals surface area contributed by atoms with Gasteiger partial charge >= 0.3 is 11.9 Å². The quantitative estimate of drug-likeness (QED) is 0.733. The second-order valence-corrected chi connectivity index (χ2v) is 6.23. The van der Waals surface area contributed by atoms with Crippen molar-refractivity contribution < 1.29 is 24.6 Å². The number of hydrogen-bond acceptors (Lipinski definition) is 3. The molecule has 1 saturated carbocycles. The Morgan fingerprint density at radius 3 is 2.30 bits per heavy atom. The van der Waals surface area contributed by atoms with Gasteiger partial charge in [0, 0.05) is 5.69 Å². The van der Waals surface area contributed by atoms with Gasteiger partial charge in [-0.2, -0.15) is 0 Å². The lowest BCUT2D eigenvalue weighted by Crippen LogP contribution is -2.36. The fourth-order valence-electron chi connectivity index (χ4n) is 3.51. The third-order valence-corrected chi connectivity index (χ3v) is 4.83. The number of nitrogens with one attached hydrogen (secondary N) is 1. The maximum atomic E-state index is 12.5. The first kappa shape index (κ1) is 15.6. The van der Waals surface area contributed by atoms with Crippen LogP contribution in [-0.2, 0) is 9.59 Å². The summed E-state index contributed by atoms with van der Waals surface area (Å²) >= 11 is 5.87. The highest BCUT2D eigenvalue weighted by Gasteiger charge is 2.51. The molecule has 1 aromatic rings. The first-order valence-electron chi connectivity index (χ1n) is 7.13. The Hall–Kier alpha value is -2.34. The minimum absolute atomic E-state index is 0.0120. The van der Waals surface area contributed by atoms with Crippen LogP contribution < -0.4 is 5.32 Å². The molecule has 120 valence electrons. The summed E-state index contributed by atoms with van der Waals surface area (Å²) in [5.74, 6) is -4.04. The van der Waals surface area contributed by atoms with Gasteiger partial charge in [0.1, 0.15) is 0 Å². The predicted molar refractivity (Wildman–Crippen MR) is 82.4 cm³/mol. The van der Waals surface area contributed by atoms with Crippen molar-refractivity contribution in [3.63, 3.8) is 0 Å². The van der Waals surface area contributed by atoms with Gasteiger partial charge in [-0.1, -0.05) is 23.8 Å². The zero-order valence-electron chi connectivity index (χ0n) is 11.9.